The minimum Gasteiger partial charge on any atom is -0.475 e. The number of hydrogen-bond donors (Lipinski definition) is 2. The summed E-state index contributed by atoms with van der Waals surface area (Å²) in [5, 5.41) is 7.12. The number of carbonyl (C=O) groups is 2. The molecule has 0 radical (unpaired) electrons. The van der Waals surface area contributed by atoms with Gasteiger partial charge in [-0.05, 0) is 6.08 Å². The molecule has 19 heavy (non-hydrogen) atoms. The highest BCUT2D eigenvalue weighted by molar-refractivity contribution is 6.13. The third kappa shape index (κ3) is 4.05. The van der Waals surface area contributed by atoms with Crippen molar-refractivity contribution in [2.75, 3.05) is 0 Å². The number of carbonyl (C=O) groups excluding carboxylic acids is 1. The molecule has 0 saturated carbocycles. The Bertz CT molecular complexity index is 530. The van der Waals surface area contributed by atoms with Crippen molar-refractivity contribution < 1.29 is 27.9 Å². The molecule has 2 aliphatic heterocycles. The molecule has 102 valence electrons. The number of aliphatic carboxylic acids is 1. The monoisotopic (exact) mass is 275 g/mol. The maximum Gasteiger partial charge on any atom is 0.490 e. The zero-order valence-electron chi connectivity index (χ0n) is 9.31. The van der Waals surface area contributed by atoms with Gasteiger partial charge in [0.1, 0.15) is 0 Å². The van der Waals surface area contributed by atoms with E-state index in [1.54, 1.807) is 6.21 Å². The van der Waals surface area contributed by atoms with Crippen LogP contribution in [0.2, 0.25) is 0 Å². The van der Waals surface area contributed by atoms with Crippen LogP contribution in [0.4, 0.5) is 13.2 Å². The molecule has 0 unspecified atom stereocenters. The van der Waals surface area contributed by atoms with Crippen LogP contribution in [0.5, 0.6) is 0 Å². The zero-order chi connectivity index (χ0) is 14.6. The average Bonchev–Trinajstić information content (AvgIpc) is 2.74. The Kier molecular flexibility index (Phi) is 4.20. The van der Waals surface area contributed by atoms with E-state index in [0.717, 1.165) is 5.57 Å². The predicted molar refractivity (Wildman–Crippen MR) is 59.6 cm³/mol. The molecule has 0 aromatic carbocycles. The number of hydrogen-bond acceptors (Lipinski definition) is 4. The highest BCUT2D eigenvalue weighted by atomic mass is 19.4. The molecule has 2 aliphatic rings. The van der Waals surface area contributed by atoms with Gasteiger partial charge in [-0.2, -0.15) is 13.2 Å². The molecule has 3 N–H and O–H groups in total. The molecule has 2 rings (SSSR count). The van der Waals surface area contributed by atoms with Crippen LogP contribution in [0.15, 0.2) is 33.4 Å². The quantitative estimate of drug-likeness (QED) is 0.739. The molecule has 0 aromatic rings. The Hall–Kier alpha value is -2.45. The van der Waals surface area contributed by atoms with E-state index in [4.69, 9.17) is 15.6 Å². The van der Waals surface area contributed by atoms with Crippen LogP contribution >= 0.6 is 0 Å². The van der Waals surface area contributed by atoms with Gasteiger partial charge in [0.25, 0.3) is 0 Å². The van der Waals surface area contributed by atoms with Gasteiger partial charge < -0.3 is 10.8 Å². The van der Waals surface area contributed by atoms with Gasteiger partial charge >= 0.3 is 12.1 Å². The first kappa shape index (κ1) is 14.6. The molecule has 0 aromatic heterocycles. The van der Waals surface area contributed by atoms with Crippen LogP contribution in [0, 0.1) is 0 Å². The van der Waals surface area contributed by atoms with Crippen molar-refractivity contribution in [3.05, 3.63) is 23.4 Å². The molecule has 9 heteroatoms. The van der Waals surface area contributed by atoms with Crippen molar-refractivity contribution in [1.82, 2.24) is 0 Å². The number of halogens is 3. The summed E-state index contributed by atoms with van der Waals surface area (Å²) in [6.07, 6.45) is 0.465. The van der Waals surface area contributed by atoms with Gasteiger partial charge in [-0.15, -0.1) is 0 Å². The Morgan fingerprint density at radius 3 is 2.42 bits per heavy atom. The number of allylic oxidation sites excluding steroid dienone is 1. The first-order chi connectivity index (χ1) is 8.71. The number of nitrogens with two attached hydrogens (primary N) is 1. The van der Waals surface area contributed by atoms with Gasteiger partial charge in [0.05, 0.1) is 0 Å². The van der Waals surface area contributed by atoms with Gasteiger partial charge in [0.2, 0.25) is 5.91 Å². The van der Waals surface area contributed by atoms with Crippen LogP contribution in [0.3, 0.4) is 0 Å². The van der Waals surface area contributed by atoms with Crippen molar-refractivity contribution in [2.24, 2.45) is 15.7 Å². The van der Waals surface area contributed by atoms with E-state index in [1.807, 2.05) is 6.08 Å². The number of carboxylic acid groups (broad SMARTS) is 1. The normalized spacial score (nSPS) is 16.5. The number of nitrogens with zero attached hydrogens (tertiary/aromatic N) is 2. The summed E-state index contributed by atoms with van der Waals surface area (Å²) >= 11 is 0. The van der Waals surface area contributed by atoms with Crippen molar-refractivity contribution in [3.8, 4) is 0 Å². The second kappa shape index (κ2) is 5.46. The molecule has 0 fully saturated rings. The molecule has 1 amide bonds. The first-order valence-electron chi connectivity index (χ1n) is 4.82. The fourth-order valence-corrected chi connectivity index (χ4v) is 1.15. The van der Waals surface area contributed by atoms with E-state index in [0.29, 0.717) is 17.8 Å². The number of alkyl halides is 3. The van der Waals surface area contributed by atoms with Gasteiger partial charge in [-0.25, -0.2) is 14.8 Å². The van der Waals surface area contributed by atoms with Crippen molar-refractivity contribution in [2.45, 2.75) is 12.6 Å². The maximum atomic E-state index is 10.8. The average molecular weight is 275 g/mol. The lowest BCUT2D eigenvalue weighted by molar-refractivity contribution is -0.192. The van der Waals surface area contributed by atoms with Crippen molar-refractivity contribution in [1.29, 1.82) is 0 Å². The van der Waals surface area contributed by atoms with Crippen LogP contribution < -0.4 is 5.73 Å². The molecule has 0 spiro atoms. The van der Waals surface area contributed by atoms with E-state index >= 15 is 0 Å². The number of amides is 1. The highest BCUT2D eigenvalue weighted by Gasteiger charge is 2.38. The van der Waals surface area contributed by atoms with Gasteiger partial charge in [-0.1, -0.05) is 0 Å². The fourth-order valence-electron chi connectivity index (χ4n) is 1.15. The Balaban J connectivity index is 0.000000224. The van der Waals surface area contributed by atoms with E-state index < -0.39 is 18.1 Å². The van der Waals surface area contributed by atoms with E-state index in [-0.39, 0.29) is 0 Å². The number of amidine groups is 1. The Morgan fingerprint density at radius 1 is 1.37 bits per heavy atom. The van der Waals surface area contributed by atoms with E-state index in [1.165, 1.54) is 6.20 Å². The Labute approximate surface area is 104 Å². The zero-order valence-corrected chi connectivity index (χ0v) is 9.31. The summed E-state index contributed by atoms with van der Waals surface area (Å²) in [7, 11) is 0. The predicted octanol–water partition coefficient (Wildman–Crippen LogP) is 0.802. The van der Waals surface area contributed by atoms with Crippen LogP contribution in [-0.2, 0) is 9.59 Å². The summed E-state index contributed by atoms with van der Waals surface area (Å²) in [5.41, 5.74) is 6.61. The molecular formula is C10H8F3N3O3. The summed E-state index contributed by atoms with van der Waals surface area (Å²) in [5.74, 6) is -2.47. The third-order valence-corrected chi connectivity index (χ3v) is 2.04. The third-order valence-electron chi connectivity index (χ3n) is 2.04. The maximum absolute atomic E-state index is 10.8. The second-order valence-corrected chi connectivity index (χ2v) is 3.42. The summed E-state index contributed by atoms with van der Waals surface area (Å²) in [6, 6.07) is 0. The molecule has 0 saturated heterocycles. The number of primary amides is 1. The minimum absolute atomic E-state index is 0.411. The van der Waals surface area contributed by atoms with Crippen LogP contribution in [0.25, 0.3) is 0 Å². The van der Waals surface area contributed by atoms with Gasteiger partial charge in [-0.3, -0.25) is 4.79 Å². The summed E-state index contributed by atoms with van der Waals surface area (Å²) in [4.78, 5) is 27.6. The second-order valence-electron chi connectivity index (χ2n) is 3.42. The summed E-state index contributed by atoms with van der Waals surface area (Å²) < 4.78 is 31.7. The van der Waals surface area contributed by atoms with Gasteiger partial charge in [0.15, 0.2) is 5.84 Å². The molecule has 2 heterocycles. The largest absolute Gasteiger partial charge is 0.490 e. The number of rotatable bonds is 1. The van der Waals surface area contributed by atoms with Crippen molar-refractivity contribution >= 4 is 23.9 Å². The topological polar surface area (TPSA) is 105 Å². The molecule has 6 nitrogen and oxygen atoms in total. The van der Waals surface area contributed by atoms with E-state index in [2.05, 4.69) is 9.98 Å². The molecule has 0 aliphatic carbocycles. The summed E-state index contributed by atoms with van der Waals surface area (Å²) in [6.45, 7) is 0. The Morgan fingerprint density at radius 2 is 1.95 bits per heavy atom. The molecular weight excluding hydrogens is 267 g/mol. The lowest BCUT2D eigenvalue weighted by Gasteiger charge is -2.08. The number of fused-ring (bicyclic) bond motifs is 1. The lowest BCUT2D eigenvalue weighted by Crippen LogP contribution is -2.21. The highest BCUT2D eigenvalue weighted by Crippen LogP contribution is 2.20. The van der Waals surface area contributed by atoms with Crippen LogP contribution in [-0.4, -0.2) is 35.2 Å². The van der Waals surface area contributed by atoms with E-state index in [9.17, 15) is 18.0 Å². The standard InChI is InChI=1S/C8H7N3O.C2HF3O2/c9-7(12)6-3-5-1-2-10-8(5)11-4-6;3-2(4,5)1(6)7/h1-2,4H,3H2,(H2,9,12);(H,6,7). The number of carboxylic acids is 1. The molecule has 0 atom stereocenters. The first-order valence-corrected chi connectivity index (χ1v) is 4.82. The molecule has 0 bridgehead atoms. The van der Waals surface area contributed by atoms with Crippen molar-refractivity contribution in [3.63, 3.8) is 0 Å². The van der Waals surface area contributed by atoms with Crippen LogP contribution in [0.1, 0.15) is 6.42 Å². The number of aliphatic imine (C=N–C) groups is 2. The SMILES string of the molecule is NC(=O)C1=CN=C2N=CC=C2C1.O=C(O)C(F)(F)F. The van der Waals surface area contributed by atoms with Gasteiger partial charge in [0, 0.05) is 30.0 Å². The fraction of sp³-hybridized carbons (Fsp3) is 0.200. The minimum atomic E-state index is -5.08. The lowest BCUT2D eigenvalue weighted by atomic mass is 10.0. The smallest absolute Gasteiger partial charge is 0.475 e.